The number of anilines is 1. The van der Waals surface area contributed by atoms with Crippen molar-refractivity contribution in [3.05, 3.63) is 76.6 Å². The van der Waals surface area contributed by atoms with E-state index in [-0.39, 0.29) is 11.9 Å². The highest BCUT2D eigenvalue weighted by Crippen LogP contribution is 2.18. The van der Waals surface area contributed by atoms with Crippen molar-refractivity contribution in [2.75, 3.05) is 5.32 Å². The van der Waals surface area contributed by atoms with Crippen LogP contribution in [-0.2, 0) is 6.42 Å². The fourth-order valence-electron chi connectivity index (χ4n) is 3.13. The molecule has 4 aromatic rings. The monoisotopic (exact) mass is 361 g/mol. The van der Waals surface area contributed by atoms with Crippen molar-refractivity contribution in [3.8, 4) is 0 Å². The zero-order chi connectivity index (χ0) is 19.0. The van der Waals surface area contributed by atoms with E-state index in [0.717, 1.165) is 5.56 Å². The molecule has 7 heteroatoms. The lowest BCUT2D eigenvalue weighted by Gasteiger charge is -2.04. The summed E-state index contributed by atoms with van der Waals surface area (Å²) < 4.78 is 7.34. The molecule has 1 N–H and O–H groups in total. The minimum atomic E-state index is -0.340. The summed E-state index contributed by atoms with van der Waals surface area (Å²) in [6, 6.07) is 11.9. The number of nitrogens with one attached hydrogen (secondary N) is 1. The molecule has 3 heterocycles. The molecule has 0 aliphatic heterocycles. The molecule has 0 atom stereocenters. The molecule has 136 valence electrons. The van der Waals surface area contributed by atoms with E-state index in [1.165, 1.54) is 11.1 Å². The normalized spacial score (nSPS) is 11.1. The Morgan fingerprint density at radius 1 is 1.15 bits per heavy atom. The molecular weight excluding hydrogens is 342 g/mol. The van der Waals surface area contributed by atoms with E-state index in [4.69, 9.17) is 4.42 Å². The summed E-state index contributed by atoms with van der Waals surface area (Å²) >= 11 is 0. The van der Waals surface area contributed by atoms with Gasteiger partial charge in [-0.1, -0.05) is 34.9 Å². The van der Waals surface area contributed by atoms with Gasteiger partial charge in [-0.2, -0.15) is 0 Å². The minimum absolute atomic E-state index is 0.0741. The number of hydrogen-bond donors (Lipinski definition) is 1. The van der Waals surface area contributed by atoms with E-state index in [1.54, 1.807) is 17.5 Å². The molecule has 0 saturated heterocycles. The maximum atomic E-state index is 12.7. The average Bonchev–Trinajstić information content (AvgIpc) is 3.20. The van der Waals surface area contributed by atoms with Crippen LogP contribution in [-0.4, -0.2) is 25.5 Å². The minimum Gasteiger partial charge on any atom is -0.407 e. The summed E-state index contributed by atoms with van der Waals surface area (Å²) in [5.74, 6) is 0.111. The predicted molar refractivity (Wildman–Crippen MR) is 101 cm³/mol. The maximum absolute atomic E-state index is 12.7. The fraction of sp³-hybridized carbons (Fsp3) is 0.200. The van der Waals surface area contributed by atoms with Gasteiger partial charge in [0.1, 0.15) is 11.3 Å². The van der Waals surface area contributed by atoms with Gasteiger partial charge in [0.15, 0.2) is 0 Å². The lowest BCUT2D eigenvalue weighted by atomic mass is 10.0. The molecule has 0 saturated carbocycles. The highest BCUT2D eigenvalue weighted by atomic mass is 16.4. The zero-order valence-electron chi connectivity index (χ0n) is 15.4. The van der Waals surface area contributed by atoms with Gasteiger partial charge in [-0.25, -0.2) is 4.98 Å². The first kappa shape index (κ1) is 17.0. The number of carbonyl (C=O) groups excluding carboxylic acids is 1. The number of amides is 1. The van der Waals surface area contributed by atoms with Crippen LogP contribution in [0.3, 0.4) is 0 Å². The van der Waals surface area contributed by atoms with Crippen LogP contribution in [0.5, 0.6) is 0 Å². The Kier molecular flexibility index (Phi) is 4.19. The number of hydrogen-bond acceptors (Lipinski definition) is 5. The van der Waals surface area contributed by atoms with E-state index in [0.29, 0.717) is 29.3 Å². The van der Waals surface area contributed by atoms with Crippen LogP contribution >= 0.6 is 0 Å². The van der Waals surface area contributed by atoms with Gasteiger partial charge in [0.25, 0.3) is 5.91 Å². The summed E-state index contributed by atoms with van der Waals surface area (Å²) in [6.07, 6.45) is 2.31. The maximum Gasteiger partial charge on any atom is 0.322 e. The van der Waals surface area contributed by atoms with Gasteiger partial charge in [-0.05, 0) is 44.0 Å². The molecule has 4 rings (SSSR count). The largest absolute Gasteiger partial charge is 0.407 e. The Morgan fingerprint density at radius 3 is 2.81 bits per heavy atom. The van der Waals surface area contributed by atoms with Gasteiger partial charge in [-0.15, -0.1) is 5.10 Å². The van der Waals surface area contributed by atoms with Crippen LogP contribution < -0.4 is 5.32 Å². The molecule has 0 aliphatic carbocycles. The molecule has 27 heavy (non-hydrogen) atoms. The third-order valence-corrected chi connectivity index (χ3v) is 4.45. The summed E-state index contributed by atoms with van der Waals surface area (Å²) in [4.78, 5) is 17.1. The highest BCUT2D eigenvalue weighted by Gasteiger charge is 2.19. The van der Waals surface area contributed by atoms with Crippen LogP contribution in [0, 0.1) is 20.8 Å². The Morgan fingerprint density at radius 2 is 2.00 bits per heavy atom. The summed E-state index contributed by atoms with van der Waals surface area (Å²) in [5.41, 5.74) is 5.27. The molecule has 7 nitrogen and oxygen atoms in total. The Hall–Kier alpha value is -3.48. The number of imidazole rings is 1. The number of nitrogens with zero attached hydrogens (tertiary/aromatic N) is 4. The molecule has 0 radical (unpaired) electrons. The first-order chi connectivity index (χ1) is 13.0. The fourth-order valence-corrected chi connectivity index (χ4v) is 3.13. The van der Waals surface area contributed by atoms with Crippen molar-refractivity contribution < 1.29 is 9.21 Å². The topological polar surface area (TPSA) is 85.3 Å². The SMILES string of the molecule is Cc1ccc(Cc2nnc(NC(=O)c3c(C)nc4ccccn34)o2)c(C)c1. The number of benzene rings is 1. The van der Waals surface area contributed by atoms with Crippen molar-refractivity contribution in [2.24, 2.45) is 0 Å². The van der Waals surface area contributed by atoms with Gasteiger partial charge in [0.2, 0.25) is 5.89 Å². The van der Waals surface area contributed by atoms with Gasteiger partial charge >= 0.3 is 6.01 Å². The molecular formula is C20H19N5O2. The van der Waals surface area contributed by atoms with Gasteiger partial charge < -0.3 is 4.42 Å². The Labute approximate surface area is 156 Å². The summed E-state index contributed by atoms with van der Waals surface area (Å²) in [7, 11) is 0. The van der Waals surface area contributed by atoms with Crippen molar-refractivity contribution >= 4 is 17.6 Å². The molecule has 0 unspecified atom stereocenters. The third kappa shape index (κ3) is 3.31. The second-order valence-corrected chi connectivity index (χ2v) is 6.54. The van der Waals surface area contributed by atoms with Crippen LogP contribution in [0.1, 0.15) is 38.8 Å². The molecule has 1 aromatic carbocycles. The number of pyridine rings is 1. The Bertz CT molecular complexity index is 1140. The molecule has 0 aliphatic rings. The first-order valence-corrected chi connectivity index (χ1v) is 8.65. The summed E-state index contributed by atoms with van der Waals surface area (Å²) in [6.45, 7) is 5.90. The lowest BCUT2D eigenvalue weighted by molar-refractivity contribution is 0.101. The predicted octanol–water partition coefficient (Wildman–Crippen LogP) is 3.49. The molecule has 0 spiro atoms. The second-order valence-electron chi connectivity index (χ2n) is 6.54. The first-order valence-electron chi connectivity index (χ1n) is 8.65. The standard InChI is InChI=1S/C20H19N5O2/c1-12-7-8-15(13(2)10-12)11-17-23-24-20(27-17)22-19(26)18-14(3)21-16-6-4-5-9-25(16)18/h4-10H,11H2,1-3H3,(H,22,24,26). The quantitative estimate of drug-likeness (QED) is 0.601. The second kappa shape index (κ2) is 6.68. The van der Waals surface area contributed by atoms with Crippen molar-refractivity contribution in [2.45, 2.75) is 27.2 Å². The number of fused-ring (bicyclic) bond motifs is 1. The lowest BCUT2D eigenvalue weighted by Crippen LogP contribution is -2.15. The van der Waals surface area contributed by atoms with Crippen LogP contribution in [0.2, 0.25) is 0 Å². The van der Waals surface area contributed by atoms with Crippen LogP contribution in [0.4, 0.5) is 6.01 Å². The van der Waals surface area contributed by atoms with E-state index >= 15 is 0 Å². The third-order valence-electron chi connectivity index (χ3n) is 4.45. The van der Waals surface area contributed by atoms with Crippen molar-refractivity contribution in [3.63, 3.8) is 0 Å². The van der Waals surface area contributed by atoms with E-state index in [9.17, 15) is 4.79 Å². The van der Waals surface area contributed by atoms with E-state index < -0.39 is 0 Å². The highest BCUT2D eigenvalue weighted by molar-refractivity contribution is 6.03. The smallest absolute Gasteiger partial charge is 0.322 e. The van der Waals surface area contributed by atoms with Gasteiger partial charge in [0.05, 0.1) is 12.1 Å². The van der Waals surface area contributed by atoms with E-state index in [2.05, 4.69) is 52.5 Å². The molecule has 0 fully saturated rings. The van der Waals surface area contributed by atoms with Crippen molar-refractivity contribution in [1.29, 1.82) is 0 Å². The number of aromatic nitrogens is 4. The molecule has 3 aromatic heterocycles. The van der Waals surface area contributed by atoms with Crippen LogP contribution in [0.25, 0.3) is 5.65 Å². The van der Waals surface area contributed by atoms with Crippen molar-refractivity contribution in [1.82, 2.24) is 19.6 Å². The molecule has 1 amide bonds. The summed E-state index contributed by atoms with van der Waals surface area (Å²) in [5, 5.41) is 10.6. The average molecular weight is 361 g/mol. The number of carbonyl (C=O) groups is 1. The number of aryl methyl sites for hydroxylation is 3. The van der Waals surface area contributed by atoms with E-state index in [1.807, 2.05) is 18.2 Å². The Balaban J connectivity index is 1.53. The number of rotatable bonds is 4. The van der Waals surface area contributed by atoms with Crippen LogP contribution in [0.15, 0.2) is 47.0 Å². The van der Waals surface area contributed by atoms with Gasteiger partial charge in [-0.3, -0.25) is 14.5 Å². The van der Waals surface area contributed by atoms with Gasteiger partial charge in [0, 0.05) is 6.20 Å². The zero-order valence-corrected chi connectivity index (χ0v) is 15.4. The molecule has 0 bridgehead atoms.